The number of guanidine groups is 1. The van der Waals surface area contributed by atoms with Gasteiger partial charge in [0.1, 0.15) is 5.75 Å². The summed E-state index contributed by atoms with van der Waals surface area (Å²) in [7, 11) is 0. The third-order valence-electron chi connectivity index (χ3n) is 4.81. The molecule has 5 heteroatoms. The Morgan fingerprint density at radius 3 is 3.04 bits per heavy atom. The van der Waals surface area contributed by atoms with Crippen LogP contribution in [0.3, 0.4) is 0 Å². The van der Waals surface area contributed by atoms with Gasteiger partial charge in [-0.2, -0.15) is 11.8 Å². The number of hydrogen-bond donors (Lipinski definition) is 2. The number of thioether (sulfide) groups is 1. The van der Waals surface area contributed by atoms with Crippen LogP contribution in [0.5, 0.6) is 5.75 Å². The molecule has 0 spiro atoms. The molecule has 2 aliphatic rings. The molecule has 2 heterocycles. The normalized spacial score (nSPS) is 26.6. The van der Waals surface area contributed by atoms with E-state index in [0.717, 1.165) is 44.4 Å². The van der Waals surface area contributed by atoms with Crippen LogP contribution in [0.1, 0.15) is 44.6 Å². The highest BCUT2D eigenvalue weighted by Crippen LogP contribution is 2.37. The summed E-state index contributed by atoms with van der Waals surface area (Å²) >= 11 is 2.06. The number of benzene rings is 1. The van der Waals surface area contributed by atoms with Crippen molar-refractivity contribution in [2.45, 2.75) is 43.8 Å². The van der Waals surface area contributed by atoms with Crippen LogP contribution < -0.4 is 15.4 Å². The summed E-state index contributed by atoms with van der Waals surface area (Å²) in [6, 6.07) is 8.39. The summed E-state index contributed by atoms with van der Waals surface area (Å²) in [5.74, 6) is 3.73. The number of para-hydroxylation sites is 1. The smallest absolute Gasteiger partial charge is 0.191 e. The van der Waals surface area contributed by atoms with E-state index in [0.29, 0.717) is 10.7 Å². The van der Waals surface area contributed by atoms with E-state index >= 15 is 0 Å². The lowest BCUT2D eigenvalue weighted by Crippen LogP contribution is -2.41. The van der Waals surface area contributed by atoms with Gasteiger partial charge in [-0.1, -0.05) is 18.2 Å². The average Bonchev–Trinajstić information content (AvgIpc) is 3.04. The number of hydrogen-bond acceptors (Lipinski definition) is 3. The molecule has 0 amide bonds. The van der Waals surface area contributed by atoms with Crippen molar-refractivity contribution < 1.29 is 4.74 Å². The third-order valence-corrected chi connectivity index (χ3v) is 6.34. The Balaban J connectivity index is 1.60. The quantitative estimate of drug-likeness (QED) is 0.633. The van der Waals surface area contributed by atoms with Gasteiger partial charge < -0.3 is 15.4 Å². The molecule has 3 rings (SSSR count). The molecule has 24 heavy (non-hydrogen) atoms. The summed E-state index contributed by atoms with van der Waals surface area (Å²) in [6.45, 7) is 7.93. The maximum absolute atomic E-state index is 5.76. The second-order valence-electron chi connectivity index (χ2n) is 6.85. The van der Waals surface area contributed by atoms with Crippen LogP contribution in [0.25, 0.3) is 0 Å². The van der Waals surface area contributed by atoms with E-state index in [9.17, 15) is 0 Å². The number of nitrogens with one attached hydrogen (secondary N) is 2. The molecule has 0 bridgehead atoms. The van der Waals surface area contributed by atoms with E-state index in [1.54, 1.807) is 0 Å². The molecular formula is C19H29N3OS. The van der Waals surface area contributed by atoms with Gasteiger partial charge in [0.25, 0.3) is 0 Å². The highest BCUT2D eigenvalue weighted by Gasteiger charge is 2.29. The molecule has 1 aromatic rings. The molecule has 1 aromatic carbocycles. The molecule has 0 saturated carbocycles. The first kappa shape index (κ1) is 17.5. The fourth-order valence-corrected chi connectivity index (χ4v) is 4.62. The number of aliphatic imine (C=N–C) groups is 1. The van der Waals surface area contributed by atoms with Gasteiger partial charge in [0.05, 0.1) is 13.2 Å². The summed E-state index contributed by atoms with van der Waals surface area (Å²) in [5, 5.41) is 6.93. The van der Waals surface area contributed by atoms with Gasteiger partial charge in [0.2, 0.25) is 0 Å². The van der Waals surface area contributed by atoms with Gasteiger partial charge in [-0.15, -0.1) is 0 Å². The predicted octanol–water partition coefficient (Wildman–Crippen LogP) is 3.39. The van der Waals surface area contributed by atoms with Crippen molar-refractivity contribution in [2.24, 2.45) is 4.99 Å². The number of nitrogens with zero attached hydrogens (tertiary/aromatic N) is 1. The Labute approximate surface area is 149 Å². The third kappa shape index (κ3) is 4.38. The Morgan fingerprint density at radius 2 is 2.25 bits per heavy atom. The van der Waals surface area contributed by atoms with E-state index < -0.39 is 0 Å². The van der Waals surface area contributed by atoms with Crippen molar-refractivity contribution >= 4 is 17.7 Å². The fourth-order valence-electron chi connectivity index (χ4n) is 3.40. The van der Waals surface area contributed by atoms with Crippen molar-refractivity contribution in [3.8, 4) is 5.75 Å². The molecule has 1 saturated heterocycles. The van der Waals surface area contributed by atoms with Crippen LogP contribution in [0.2, 0.25) is 0 Å². The Hall–Kier alpha value is -1.36. The van der Waals surface area contributed by atoms with Crippen LogP contribution in [0, 0.1) is 0 Å². The minimum Gasteiger partial charge on any atom is -0.493 e. The number of rotatable bonds is 5. The van der Waals surface area contributed by atoms with Gasteiger partial charge in [0.15, 0.2) is 5.96 Å². The van der Waals surface area contributed by atoms with Gasteiger partial charge in [0, 0.05) is 23.8 Å². The Morgan fingerprint density at radius 1 is 1.38 bits per heavy atom. The van der Waals surface area contributed by atoms with Crippen LogP contribution in [-0.2, 0) is 0 Å². The Bertz CT molecular complexity index is 569. The SMILES string of the molecule is CCNC(=NCC1(C)CCCS1)NCC1CCOc2ccccc21. The van der Waals surface area contributed by atoms with Gasteiger partial charge in [-0.25, -0.2) is 0 Å². The second-order valence-corrected chi connectivity index (χ2v) is 8.53. The largest absolute Gasteiger partial charge is 0.493 e. The van der Waals surface area contributed by atoms with Gasteiger partial charge in [-0.3, -0.25) is 4.99 Å². The van der Waals surface area contributed by atoms with Crippen LogP contribution in [0.15, 0.2) is 29.3 Å². The topological polar surface area (TPSA) is 45.7 Å². The highest BCUT2D eigenvalue weighted by molar-refractivity contribution is 8.00. The zero-order valence-electron chi connectivity index (χ0n) is 14.8. The molecule has 4 nitrogen and oxygen atoms in total. The molecule has 0 radical (unpaired) electrons. The fraction of sp³-hybridized carbons (Fsp3) is 0.632. The minimum absolute atomic E-state index is 0.313. The van der Waals surface area contributed by atoms with Crippen molar-refractivity contribution in [3.63, 3.8) is 0 Å². The summed E-state index contributed by atoms with van der Waals surface area (Å²) in [4.78, 5) is 4.85. The van der Waals surface area contributed by atoms with E-state index in [1.165, 1.54) is 24.2 Å². The molecule has 0 aromatic heterocycles. The molecule has 132 valence electrons. The Kier molecular flexibility index (Phi) is 5.93. The maximum atomic E-state index is 5.76. The highest BCUT2D eigenvalue weighted by atomic mass is 32.2. The van der Waals surface area contributed by atoms with Crippen LogP contribution in [-0.4, -0.2) is 42.7 Å². The molecule has 2 unspecified atom stereocenters. The molecule has 1 fully saturated rings. The summed E-state index contributed by atoms with van der Waals surface area (Å²) < 4.78 is 6.07. The zero-order valence-corrected chi connectivity index (χ0v) is 15.6. The van der Waals surface area contributed by atoms with E-state index in [-0.39, 0.29) is 0 Å². The summed E-state index contributed by atoms with van der Waals surface area (Å²) in [6.07, 6.45) is 3.64. The van der Waals surface area contributed by atoms with Crippen molar-refractivity contribution in [2.75, 3.05) is 32.0 Å². The predicted molar refractivity (Wildman–Crippen MR) is 103 cm³/mol. The van der Waals surface area contributed by atoms with Crippen molar-refractivity contribution in [3.05, 3.63) is 29.8 Å². The monoisotopic (exact) mass is 347 g/mol. The van der Waals surface area contributed by atoms with E-state index in [1.807, 2.05) is 6.07 Å². The maximum Gasteiger partial charge on any atom is 0.191 e. The first-order chi connectivity index (χ1) is 11.7. The first-order valence-electron chi connectivity index (χ1n) is 9.08. The van der Waals surface area contributed by atoms with E-state index in [2.05, 4.69) is 54.4 Å². The second kappa shape index (κ2) is 8.15. The standard InChI is InChI=1S/C19H29N3OS/c1-3-20-18(22-14-19(2)10-6-12-24-19)21-13-15-9-11-23-17-8-5-4-7-16(15)17/h4-5,7-8,15H,3,6,9-14H2,1-2H3,(H2,20,21,22). The summed E-state index contributed by atoms with van der Waals surface area (Å²) in [5.41, 5.74) is 1.31. The number of fused-ring (bicyclic) bond motifs is 1. The van der Waals surface area contributed by atoms with Crippen molar-refractivity contribution in [1.82, 2.24) is 10.6 Å². The molecule has 0 aliphatic carbocycles. The number of ether oxygens (including phenoxy) is 1. The van der Waals surface area contributed by atoms with Gasteiger partial charge in [-0.05, 0) is 50.5 Å². The minimum atomic E-state index is 0.313. The lowest BCUT2D eigenvalue weighted by molar-refractivity contribution is 0.267. The first-order valence-corrected chi connectivity index (χ1v) is 10.1. The molecule has 2 N–H and O–H groups in total. The average molecular weight is 348 g/mol. The van der Waals surface area contributed by atoms with Gasteiger partial charge >= 0.3 is 0 Å². The van der Waals surface area contributed by atoms with Crippen LogP contribution in [0.4, 0.5) is 0 Å². The molecule has 2 atom stereocenters. The van der Waals surface area contributed by atoms with Crippen LogP contribution >= 0.6 is 11.8 Å². The lowest BCUT2D eigenvalue weighted by Gasteiger charge is -2.27. The zero-order chi connectivity index (χ0) is 16.8. The molecule has 2 aliphatic heterocycles. The lowest BCUT2D eigenvalue weighted by atomic mass is 9.93. The molecular weight excluding hydrogens is 318 g/mol. The van der Waals surface area contributed by atoms with Crippen molar-refractivity contribution in [1.29, 1.82) is 0 Å². The van der Waals surface area contributed by atoms with E-state index in [4.69, 9.17) is 9.73 Å².